The van der Waals surface area contributed by atoms with E-state index in [0.717, 1.165) is 5.39 Å². The second-order valence-electron chi connectivity index (χ2n) is 4.26. The Balaban J connectivity index is 1.53. The van der Waals surface area contributed by atoms with Crippen LogP contribution in [-0.4, -0.2) is 44.6 Å². The number of hydrogen-bond acceptors (Lipinski definition) is 7. The summed E-state index contributed by atoms with van der Waals surface area (Å²) in [7, 11) is 0. The number of aromatic nitrogens is 5. The molecule has 0 saturated heterocycles. The van der Waals surface area contributed by atoms with Gasteiger partial charge in [0.05, 0.1) is 12.7 Å². The number of pyridine rings is 1. The molecule has 0 radical (unpaired) electrons. The molecule has 2 N–H and O–H groups in total. The molecular formula is C12H12N6O3. The van der Waals surface area contributed by atoms with Crippen molar-refractivity contribution in [3.05, 3.63) is 29.7 Å². The molecule has 0 aliphatic rings. The Morgan fingerprint density at radius 1 is 1.43 bits per heavy atom. The van der Waals surface area contributed by atoms with Gasteiger partial charge in [-0.1, -0.05) is 5.16 Å². The molecule has 3 heterocycles. The van der Waals surface area contributed by atoms with Crippen molar-refractivity contribution in [1.82, 2.24) is 30.8 Å². The van der Waals surface area contributed by atoms with Crippen LogP contribution < -0.4 is 10.1 Å². The maximum absolute atomic E-state index is 11.9. The lowest BCUT2D eigenvalue weighted by Gasteiger charge is -2.05. The fourth-order valence-electron chi connectivity index (χ4n) is 1.71. The minimum Gasteiger partial charge on any atom is -0.472 e. The van der Waals surface area contributed by atoms with Crippen LogP contribution in [0.5, 0.6) is 5.88 Å². The number of nitrogens with zero attached hydrogens (tertiary/aromatic N) is 4. The number of amides is 1. The van der Waals surface area contributed by atoms with Gasteiger partial charge in [-0.3, -0.25) is 9.89 Å². The third kappa shape index (κ3) is 2.81. The summed E-state index contributed by atoms with van der Waals surface area (Å²) in [5.74, 6) is 0.0337. The van der Waals surface area contributed by atoms with Crippen LogP contribution in [-0.2, 0) is 0 Å². The Labute approximate surface area is 118 Å². The highest BCUT2D eigenvalue weighted by Crippen LogP contribution is 2.10. The fraction of sp³-hybridized carbons (Fsp3) is 0.250. The molecule has 0 bridgehead atoms. The average molecular weight is 288 g/mol. The zero-order valence-electron chi connectivity index (χ0n) is 11.2. The first-order valence-corrected chi connectivity index (χ1v) is 6.24. The van der Waals surface area contributed by atoms with Crippen LogP contribution in [0.15, 0.2) is 23.0 Å². The van der Waals surface area contributed by atoms with E-state index >= 15 is 0 Å². The standard InChI is InChI=1S/C12H12N6O3/c1-7-12(18-21-17-7)20-5-4-13-11(19)9-3-2-8-6-14-16-10(8)15-9/h2-3,6H,4-5H2,1H3,(H,13,19)(H,14,15,16). The van der Waals surface area contributed by atoms with Crippen LogP contribution in [0.2, 0.25) is 0 Å². The molecule has 21 heavy (non-hydrogen) atoms. The van der Waals surface area contributed by atoms with Gasteiger partial charge in [0.15, 0.2) is 5.65 Å². The maximum Gasteiger partial charge on any atom is 0.278 e. The van der Waals surface area contributed by atoms with E-state index in [-0.39, 0.29) is 12.5 Å². The maximum atomic E-state index is 11.9. The van der Waals surface area contributed by atoms with Gasteiger partial charge in [0.25, 0.3) is 11.8 Å². The summed E-state index contributed by atoms with van der Waals surface area (Å²) in [5.41, 5.74) is 1.45. The summed E-state index contributed by atoms with van der Waals surface area (Å²) < 4.78 is 9.80. The quantitative estimate of drug-likeness (QED) is 0.654. The largest absolute Gasteiger partial charge is 0.472 e. The monoisotopic (exact) mass is 288 g/mol. The second kappa shape index (κ2) is 5.57. The Hall–Kier alpha value is -2.97. The Bertz CT molecular complexity index is 765. The number of H-pyrrole nitrogens is 1. The van der Waals surface area contributed by atoms with Crippen LogP contribution >= 0.6 is 0 Å². The number of fused-ring (bicyclic) bond motifs is 1. The second-order valence-corrected chi connectivity index (χ2v) is 4.26. The zero-order chi connectivity index (χ0) is 14.7. The van der Waals surface area contributed by atoms with E-state index in [1.165, 1.54) is 0 Å². The van der Waals surface area contributed by atoms with E-state index in [1.54, 1.807) is 25.3 Å². The van der Waals surface area contributed by atoms with Crippen LogP contribution in [0.1, 0.15) is 16.2 Å². The minimum absolute atomic E-state index is 0.257. The van der Waals surface area contributed by atoms with Crippen molar-refractivity contribution in [2.75, 3.05) is 13.2 Å². The summed E-state index contributed by atoms with van der Waals surface area (Å²) >= 11 is 0. The van der Waals surface area contributed by atoms with Gasteiger partial charge in [0.2, 0.25) is 0 Å². The van der Waals surface area contributed by atoms with E-state index < -0.39 is 0 Å². The molecule has 0 aromatic carbocycles. The number of aryl methyl sites for hydroxylation is 1. The van der Waals surface area contributed by atoms with Crippen molar-refractivity contribution >= 4 is 16.9 Å². The topological polar surface area (TPSA) is 119 Å². The highest BCUT2D eigenvalue weighted by atomic mass is 16.6. The highest BCUT2D eigenvalue weighted by Gasteiger charge is 2.09. The Morgan fingerprint density at radius 3 is 3.14 bits per heavy atom. The van der Waals surface area contributed by atoms with Gasteiger partial charge in [0.1, 0.15) is 18.0 Å². The van der Waals surface area contributed by atoms with E-state index in [4.69, 9.17) is 4.74 Å². The molecule has 1 amide bonds. The van der Waals surface area contributed by atoms with Gasteiger partial charge in [-0.25, -0.2) is 9.61 Å². The third-order valence-corrected chi connectivity index (χ3v) is 2.77. The zero-order valence-corrected chi connectivity index (χ0v) is 11.2. The van der Waals surface area contributed by atoms with Crippen LogP contribution in [0.4, 0.5) is 0 Å². The molecule has 0 atom stereocenters. The molecule has 0 aliphatic heterocycles. The highest BCUT2D eigenvalue weighted by molar-refractivity contribution is 5.94. The fourth-order valence-corrected chi connectivity index (χ4v) is 1.71. The Kier molecular flexibility index (Phi) is 3.46. The number of aromatic amines is 1. The van der Waals surface area contributed by atoms with E-state index in [0.29, 0.717) is 29.5 Å². The third-order valence-electron chi connectivity index (χ3n) is 2.77. The smallest absolute Gasteiger partial charge is 0.278 e. The van der Waals surface area contributed by atoms with Gasteiger partial charge in [0, 0.05) is 5.39 Å². The lowest BCUT2D eigenvalue weighted by molar-refractivity contribution is 0.0941. The van der Waals surface area contributed by atoms with Crippen molar-refractivity contribution in [2.45, 2.75) is 6.92 Å². The molecule has 9 nitrogen and oxygen atoms in total. The number of carbonyl (C=O) groups excluding carboxylic acids is 1. The molecule has 108 valence electrons. The summed E-state index contributed by atoms with van der Waals surface area (Å²) in [6.45, 7) is 2.29. The Morgan fingerprint density at radius 2 is 2.33 bits per heavy atom. The lowest BCUT2D eigenvalue weighted by atomic mass is 10.3. The SMILES string of the molecule is Cc1nonc1OCCNC(=O)c1ccc2cn[nH]c2n1. The summed E-state index contributed by atoms with van der Waals surface area (Å²) in [6, 6.07) is 3.42. The van der Waals surface area contributed by atoms with Gasteiger partial charge in [-0.2, -0.15) is 5.10 Å². The normalized spacial score (nSPS) is 10.7. The molecule has 9 heteroatoms. The molecule has 0 fully saturated rings. The average Bonchev–Trinajstić information content (AvgIpc) is 3.11. The summed E-state index contributed by atoms with van der Waals surface area (Å²) in [5, 5.41) is 17.3. The van der Waals surface area contributed by atoms with Crippen molar-refractivity contribution in [2.24, 2.45) is 0 Å². The van der Waals surface area contributed by atoms with Crippen LogP contribution in [0.3, 0.4) is 0 Å². The van der Waals surface area contributed by atoms with Gasteiger partial charge < -0.3 is 10.1 Å². The molecule has 3 rings (SSSR count). The van der Waals surface area contributed by atoms with Crippen molar-refractivity contribution in [1.29, 1.82) is 0 Å². The number of rotatable bonds is 5. The number of carbonyl (C=O) groups is 1. The van der Waals surface area contributed by atoms with E-state index in [2.05, 4.69) is 35.4 Å². The molecule has 0 unspecified atom stereocenters. The predicted octanol–water partition coefficient (Wildman–Crippen LogP) is 0.458. The summed E-state index contributed by atoms with van der Waals surface area (Å²) in [4.78, 5) is 16.1. The van der Waals surface area contributed by atoms with Crippen LogP contribution in [0, 0.1) is 6.92 Å². The van der Waals surface area contributed by atoms with E-state index in [9.17, 15) is 4.79 Å². The van der Waals surface area contributed by atoms with Crippen molar-refractivity contribution < 1.29 is 14.2 Å². The van der Waals surface area contributed by atoms with Crippen molar-refractivity contribution in [3.63, 3.8) is 0 Å². The molecule has 3 aromatic rings. The van der Waals surface area contributed by atoms with Gasteiger partial charge in [-0.05, 0) is 24.2 Å². The molecule has 0 aliphatic carbocycles. The first kappa shape index (κ1) is 13.0. The number of ether oxygens (including phenoxy) is 1. The first-order valence-electron chi connectivity index (χ1n) is 6.24. The first-order chi connectivity index (χ1) is 10.2. The minimum atomic E-state index is -0.287. The van der Waals surface area contributed by atoms with Crippen LogP contribution in [0.25, 0.3) is 11.0 Å². The molecule has 0 spiro atoms. The predicted molar refractivity (Wildman–Crippen MR) is 70.8 cm³/mol. The number of hydrogen-bond donors (Lipinski definition) is 2. The summed E-state index contributed by atoms with van der Waals surface area (Å²) in [6.07, 6.45) is 1.64. The van der Waals surface area contributed by atoms with Crippen molar-refractivity contribution in [3.8, 4) is 5.88 Å². The molecule has 3 aromatic heterocycles. The molecular weight excluding hydrogens is 276 g/mol. The van der Waals surface area contributed by atoms with E-state index in [1.807, 2.05) is 0 Å². The molecule has 0 saturated carbocycles. The number of nitrogens with one attached hydrogen (secondary N) is 2. The lowest BCUT2D eigenvalue weighted by Crippen LogP contribution is -2.28. The van der Waals surface area contributed by atoms with Gasteiger partial charge >= 0.3 is 0 Å². The van der Waals surface area contributed by atoms with Gasteiger partial charge in [-0.15, -0.1) is 0 Å².